The van der Waals surface area contributed by atoms with Crippen LogP contribution in [0.15, 0.2) is 60.1 Å². The van der Waals surface area contributed by atoms with Crippen LogP contribution in [0.4, 0.5) is 0 Å². The summed E-state index contributed by atoms with van der Waals surface area (Å²) in [6.07, 6.45) is 4.72. The van der Waals surface area contributed by atoms with Crippen molar-refractivity contribution in [1.29, 1.82) is 0 Å². The van der Waals surface area contributed by atoms with Gasteiger partial charge in [0.15, 0.2) is 0 Å². The summed E-state index contributed by atoms with van der Waals surface area (Å²) in [6, 6.07) is 11.7. The lowest BCUT2D eigenvalue weighted by Crippen LogP contribution is -2.18. The van der Waals surface area contributed by atoms with Crippen LogP contribution in [0, 0.1) is 0 Å². The summed E-state index contributed by atoms with van der Waals surface area (Å²) < 4.78 is 5.71. The molecule has 3 rings (SSSR count). The Labute approximate surface area is 157 Å². The molecule has 0 aliphatic rings. The van der Waals surface area contributed by atoms with E-state index in [4.69, 9.17) is 4.74 Å². The molecule has 0 saturated heterocycles. The van der Waals surface area contributed by atoms with E-state index in [1.165, 1.54) is 6.33 Å². The minimum absolute atomic E-state index is 0.0882. The highest BCUT2D eigenvalue weighted by atomic mass is 16.5. The first kappa shape index (κ1) is 18.5. The number of aromatic hydroxyl groups is 1. The van der Waals surface area contributed by atoms with Crippen molar-refractivity contribution >= 4 is 23.3 Å². The van der Waals surface area contributed by atoms with Gasteiger partial charge < -0.3 is 14.7 Å². The van der Waals surface area contributed by atoms with Gasteiger partial charge in [0.25, 0.3) is 0 Å². The molecule has 0 atom stereocenters. The number of rotatable bonds is 8. The van der Waals surface area contributed by atoms with Gasteiger partial charge in [-0.3, -0.25) is 9.98 Å². The van der Waals surface area contributed by atoms with Crippen LogP contribution < -0.4 is 0 Å². The van der Waals surface area contributed by atoms with Gasteiger partial charge in [-0.15, -0.1) is 0 Å². The largest absolute Gasteiger partial charge is 0.493 e. The standard InChI is InChI=1S/C20H21N5O2/c1-21-17(19-18-16(8-9-22-19)20(26)24-14-23-18)12-25(2)10-11-27-13-15-6-4-3-5-7-15/h3-9,12,14H,1,10-11,13H2,2H3,(H,23,24,26)/b17-12-. The van der Waals surface area contributed by atoms with E-state index in [1.807, 2.05) is 48.5 Å². The first-order chi connectivity index (χ1) is 13.2. The number of fused-ring (bicyclic) bond motifs is 1. The molecule has 7 nitrogen and oxygen atoms in total. The number of hydrogen-bond acceptors (Lipinski definition) is 7. The van der Waals surface area contributed by atoms with Crippen molar-refractivity contribution in [2.45, 2.75) is 6.61 Å². The van der Waals surface area contributed by atoms with Crippen molar-refractivity contribution in [3.8, 4) is 5.88 Å². The molecule has 7 heteroatoms. The van der Waals surface area contributed by atoms with Gasteiger partial charge >= 0.3 is 0 Å². The van der Waals surface area contributed by atoms with Crippen LogP contribution in [-0.4, -0.2) is 51.9 Å². The molecular weight excluding hydrogens is 342 g/mol. The fraction of sp³-hybridized carbons (Fsp3) is 0.200. The molecule has 0 saturated carbocycles. The highest BCUT2D eigenvalue weighted by Crippen LogP contribution is 2.26. The Morgan fingerprint density at radius 2 is 2.04 bits per heavy atom. The van der Waals surface area contributed by atoms with E-state index in [1.54, 1.807) is 12.3 Å². The third-order valence-electron chi connectivity index (χ3n) is 3.99. The third kappa shape index (κ3) is 4.65. The number of aromatic nitrogens is 3. The first-order valence-corrected chi connectivity index (χ1v) is 8.48. The SMILES string of the molecule is C=N/C(=C\N(C)CCOCc1ccccc1)c1nccc2c(O)ncnc12. The summed E-state index contributed by atoms with van der Waals surface area (Å²) in [4.78, 5) is 18.4. The molecule has 1 N–H and O–H groups in total. The van der Waals surface area contributed by atoms with Crippen LogP contribution in [-0.2, 0) is 11.3 Å². The summed E-state index contributed by atoms with van der Waals surface area (Å²) in [5, 5.41) is 10.4. The predicted molar refractivity (Wildman–Crippen MR) is 105 cm³/mol. The van der Waals surface area contributed by atoms with Crippen molar-refractivity contribution in [2.75, 3.05) is 20.2 Å². The quantitative estimate of drug-likeness (QED) is 0.489. The van der Waals surface area contributed by atoms with Crippen LogP contribution in [0.5, 0.6) is 5.88 Å². The Balaban J connectivity index is 1.67. The Morgan fingerprint density at radius 3 is 2.81 bits per heavy atom. The normalized spacial score (nSPS) is 11.5. The maximum atomic E-state index is 9.90. The monoisotopic (exact) mass is 363 g/mol. The topological polar surface area (TPSA) is 83.7 Å². The number of ether oxygens (including phenoxy) is 1. The second kappa shape index (κ2) is 8.86. The number of pyridine rings is 1. The number of nitrogens with zero attached hydrogens (tertiary/aromatic N) is 5. The van der Waals surface area contributed by atoms with Crippen LogP contribution in [0.1, 0.15) is 11.3 Å². The zero-order chi connectivity index (χ0) is 19.1. The summed E-state index contributed by atoms with van der Waals surface area (Å²) >= 11 is 0. The maximum absolute atomic E-state index is 9.90. The molecule has 3 aromatic rings. The van der Waals surface area contributed by atoms with Crippen molar-refractivity contribution in [2.24, 2.45) is 4.99 Å². The van der Waals surface area contributed by atoms with Crippen LogP contribution in [0.25, 0.3) is 16.6 Å². The minimum Gasteiger partial charge on any atom is -0.493 e. The minimum atomic E-state index is -0.0882. The highest BCUT2D eigenvalue weighted by Gasteiger charge is 2.12. The van der Waals surface area contributed by atoms with E-state index in [0.717, 1.165) is 5.56 Å². The zero-order valence-electron chi connectivity index (χ0n) is 15.1. The highest BCUT2D eigenvalue weighted by molar-refractivity contribution is 5.91. The van der Waals surface area contributed by atoms with Gasteiger partial charge in [0.05, 0.1) is 18.6 Å². The van der Waals surface area contributed by atoms with E-state index < -0.39 is 0 Å². The molecule has 0 bridgehead atoms. The Morgan fingerprint density at radius 1 is 1.22 bits per heavy atom. The molecule has 0 spiro atoms. The lowest BCUT2D eigenvalue weighted by atomic mass is 10.2. The fourth-order valence-electron chi connectivity index (χ4n) is 2.59. The van der Waals surface area contributed by atoms with Crippen molar-refractivity contribution in [3.05, 3.63) is 66.4 Å². The fourth-order valence-corrected chi connectivity index (χ4v) is 2.59. The average Bonchev–Trinajstić information content (AvgIpc) is 2.70. The number of hydrogen-bond donors (Lipinski definition) is 1. The summed E-state index contributed by atoms with van der Waals surface area (Å²) in [5.41, 5.74) is 2.77. The third-order valence-corrected chi connectivity index (χ3v) is 3.99. The maximum Gasteiger partial charge on any atom is 0.222 e. The summed E-state index contributed by atoms with van der Waals surface area (Å²) in [5.74, 6) is -0.0882. The molecular formula is C20H21N5O2. The van der Waals surface area contributed by atoms with Crippen LogP contribution in [0.3, 0.4) is 0 Å². The lowest BCUT2D eigenvalue weighted by molar-refractivity contribution is 0.109. The van der Waals surface area contributed by atoms with Gasteiger partial charge in [-0.2, -0.15) is 0 Å². The molecule has 0 radical (unpaired) electrons. The summed E-state index contributed by atoms with van der Waals surface area (Å²) in [7, 11) is 1.93. The van der Waals surface area contributed by atoms with Gasteiger partial charge in [-0.1, -0.05) is 30.3 Å². The van der Waals surface area contributed by atoms with Crippen LogP contribution >= 0.6 is 0 Å². The van der Waals surface area contributed by atoms with Gasteiger partial charge in [-0.05, 0) is 18.3 Å². The van der Waals surface area contributed by atoms with Gasteiger partial charge in [0.2, 0.25) is 5.88 Å². The van der Waals surface area contributed by atoms with E-state index in [-0.39, 0.29) is 5.88 Å². The Bertz CT molecular complexity index is 944. The molecule has 0 fully saturated rings. The molecule has 1 aromatic carbocycles. The molecule has 2 heterocycles. The molecule has 0 unspecified atom stereocenters. The van der Waals surface area contributed by atoms with Gasteiger partial charge in [0, 0.05) is 26.0 Å². The number of aliphatic imine (C=N–C) groups is 1. The molecule has 0 amide bonds. The smallest absolute Gasteiger partial charge is 0.222 e. The molecule has 0 aliphatic carbocycles. The van der Waals surface area contributed by atoms with E-state index >= 15 is 0 Å². The Hall–Kier alpha value is -3.32. The second-order valence-electron chi connectivity index (χ2n) is 5.94. The van der Waals surface area contributed by atoms with Crippen LogP contribution in [0.2, 0.25) is 0 Å². The van der Waals surface area contributed by atoms with E-state index in [2.05, 4.69) is 26.7 Å². The molecule has 2 aromatic heterocycles. The Kier molecular flexibility index (Phi) is 6.06. The second-order valence-corrected chi connectivity index (χ2v) is 5.94. The van der Waals surface area contributed by atoms with Gasteiger partial charge in [0.1, 0.15) is 23.2 Å². The van der Waals surface area contributed by atoms with Crippen molar-refractivity contribution < 1.29 is 9.84 Å². The van der Waals surface area contributed by atoms with E-state index in [9.17, 15) is 5.11 Å². The number of benzene rings is 1. The van der Waals surface area contributed by atoms with Gasteiger partial charge in [-0.25, -0.2) is 9.97 Å². The lowest BCUT2D eigenvalue weighted by Gasteiger charge is -2.16. The molecule has 0 aliphatic heterocycles. The first-order valence-electron chi connectivity index (χ1n) is 8.48. The van der Waals surface area contributed by atoms with Crippen molar-refractivity contribution in [3.63, 3.8) is 0 Å². The summed E-state index contributed by atoms with van der Waals surface area (Å²) in [6.45, 7) is 5.45. The molecule has 27 heavy (non-hydrogen) atoms. The number of likely N-dealkylation sites (N-methyl/N-ethyl adjacent to an activating group) is 1. The molecule has 138 valence electrons. The predicted octanol–water partition coefficient (Wildman–Crippen LogP) is 2.88. The van der Waals surface area contributed by atoms with E-state index in [0.29, 0.717) is 42.1 Å². The zero-order valence-corrected chi connectivity index (χ0v) is 15.1. The average molecular weight is 363 g/mol. The van der Waals surface area contributed by atoms with Crippen molar-refractivity contribution in [1.82, 2.24) is 19.9 Å².